The molecule has 1 aromatic rings. The molecule has 0 aliphatic carbocycles. The molecule has 0 heterocycles. The van der Waals surface area contributed by atoms with Gasteiger partial charge in [-0.3, -0.25) is 4.57 Å². The van der Waals surface area contributed by atoms with Crippen LogP contribution in [0.15, 0.2) is 28.7 Å². The number of rotatable bonds is 6. The van der Waals surface area contributed by atoms with Crippen molar-refractivity contribution >= 4 is 23.5 Å². The van der Waals surface area contributed by atoms with Gasteiger partial charge in [0.1, 0.15) is 5.75 Å². The molecule has 96 valence electrons. The summed E-state index contributed by atoms with van der Waals surface area (Å²) in [5.41, 5.74) is 0. The molecule has 1 N–H and O–H groups in total. The van der Waals surface area contributed by atoms with Crippen LogP contribution in [-0.2, 0) is 9.09 Å². The standard InChI is InChI=1S/C11H16BrO4P/c1-3-9(2)16-17(13,14)8-15-11-6-4-10(12)5-7-11/h4-7,9H,3,8H2,1-2H3,(H,13,14). The van der Waals surface area contributed by atoms with Crippen LogP contribution < -0.4 is 4.74 Å². The summed E-state index contributed by atoms with van der Waals surface area (Å²) < 4.78 is 22.8. The van der Waals surface area contributed by atoms with Crippen LogP contribution in [0.5, 0.6) is 5.75 Å². The molecule has 0 fully saturated rings. The van der Waals surface area contributed by atoms with Gasteiger partial charge >= 0.3 is 7.60 Å². The Balaban J connectivity index is 2.49. The predicted octanol–water partition coefficient (Wildman–Crippen LogP) is 3.79. The first-order chi connectivity index (χ1) is 7.93. The van der Waals surface area contributed by atoms with Gasteiger partial charge < -0.3 is 14.2 Å². The molecule has 0 bridgehead atoms. The van der Waals surface area contributed by atoms with E-state index in [2.05, 4.69) is 15.9 Å². The van der Waals surface area contributed by atoms with Crippen molar-refractivity contribution in [3.8, 4) is 5.75 Å². The molecular weight excluding hydrogens is 307 g/mol. The van der Waals surface area contributed by atoms with Crippen LogP contribution in [0.25, 0.3) is 0 Å². The molecule has 0 aliphatic heterocycles. The fraction of sp³-hybridized carbons (Fsp3) is 0.455. The third kappa shape index (κ3) is 5.68. The lowest BCUT2D eigenvalue weighted by Gasteiger charge is -2.17. The summed E-state index contributed by atoms with van der Waals surface area (Å²) in [6.45, 7) is 3.64. The summed E-state index contributed by atoms with van der Waals surface area (Å²) >= 11 is 3.29. The van der Waals surface area contributed by atoms with Gasteiger partial charge in [-0.2, -0.15) is 0 Å². The summed E-state index contributed by atoms with van der Waals surface area (Å²) in [4.78, 5) is 9.53. The van der Waals surface area contributed by atoms with E-state index < -0.39 is 7.60 Å². The normalized spacial score (nSPS) is 16.2. The number of ether oxygens (including phenoxy) is 1. The van der Waals surface area contributed by atoms with Gasteiger partial charge in [-0.15, -0.1) is 0 Å². The Bertz CT molecular complexity index is 393. The van der Waals surface area contributed by atoms with E-state index in [1.54, 1.807) is 31.2 Å². The van der Waals surface area contributed by atoms with E-state index >= 15 is 0 Å². The zero-order valence-electron chi connectivity index (χ0n) is 9.80. The van der Waals surface area contributed by atoms with E-state index in [1.807, 2.05) is 6.92 Å². The smallest absolute Gasteiger partial charge is 0.365 e. The predicted molar refractivity (Wildman–Crippen MR) is 70.3 cm³/mol. The molecule has 0 saturated heterocycles. The largest absolute Gasteiger partial charge is 0.481 e. The lowest BCUT2D eigenvalue weighted by Crippen LogP contribution is -2.09. The molecule has 0 amide bonds. The molecule has 0 aliphatic rings. The summed E-state index contributed by atoms with van der Waals surface area (Å²) in [6.07, 6.45) is 0.0984. The van der Waals surface area contributed by atoms with Crippen molar-refractivity contribution in [3.05, 3.63) is 28.7 Å². The van der Waals surface area contributed by atoms with Crippen LogP contribution in [0.3, 0.4) is 0 Å². The third-order valence-electron chi connectivity index (χ3n) is 2.13. The van der Waals surface area contributed by atoms with Crippen LogP contribution in [0.1, 0.15) is 20.3 Å². The van der Waals surface area contributed by atoms with Crippen molar-refractivity contribution in [1.29, 1.82) is 0 Å². The molecule has 1 rings (SSSR count). The van der Waals surface area contributed by atoms with Crippen molar-refractivity contribution in [3.63, 3.8) is 0 Å². The molecular formula is C11H16BrO4P. The first kappa shape index (κ1) is 14.7. The second-order valence-electron chi connectivity index (χ2n) is 3.69. The van der Waals surface area contributed by atoms with E-state index in [4.69, 9.17) is 9.26 Å². The second kappa shape index (κ2) is 6.55. The van der Waals surface area contributed by atoms with Crippen LogP contribution >= 0.6 is 23.5 Å². The number of hydrogen-bond acceptors (Lipinski definition) is 3. The molecule has 1 aromatic carbocycles. The van der Waals surface area contributed by atoms with E-state index in [1.165, 1.54) is 0 Å². The number of benzene rings is 1. The molecule has 4 nitrogen and oxygen atoms in total. The van der Waals surface area contributed by atoms with Crippen LogP contribution in [0.2, 0.25) is 0 Å². The second-order valence-corrected chi connectivity index (χ2v) is 6.35. The van der Waals surface area contributed by atoms with E-state index in [0.29, 0.717) is 12.2 Å². The molecule has 0 aromatic heterocycles. The summed E-state index contributed by atoms with van der Waals surface area (Å²) in [5, 5.41) is 0. The quantitative estimate of drug-likeness (QED) is 0.810. The first-order valence-electron chi connectivity index (χ1n) is 5.31. The van der Waals surface area contributed by atoms with E-state index in [-0.39, 0.29) is 12.5 Å². The van der Waals surface area contributed by atoms with Crippen molar-refractivity contribution in [2.24, 2.45) is 0 Å². The monoisotopic (exact) mass is 322 g/mol. The molecule has 0 saturated carbocycles. The fourth-order valence-electron chi connectivity index (χ4n) is 1.07. The Morgan fingerprint density at radius 1 is 1.41 bits per heavy atom. The SMILES string of the molecule is CCC(C)OP(=O)(O)COc1ccc(Br)cc1. The zero-order valence-corrected chi connectivity index (χ0v) is 12.3. The van der Waals surface area contributed by atoms with Crippen LogP contribution in [-0.4, -0.2) is 17.3 Å². The molecule has 17 heavy (non-hydrogen) atoms. The van der Waals surface area contributed by atoms with Crippen LogP contribution in [0, 0.1) is 0 Å². The average molecular weight is 323 g/mol. The lowest BCUT2D eigenvalue weighted by molar-refractivity contribution is 0.170. The minimum absolute atomic E-state index is 0.251. The molecule has 6 heteroatoms. The molecule has 2 unspecified atom stereocenters. The van der Waals surface area contributed by atoms with Gasteiger partial charge in [0.25, 0.3) is 0 Å². The number of hydrogen-bond donors (Lipinski definition) is 1. The van der Waals surface area contributed by atoms with Gasteiger partial charge in [0.2, 0.25) is 0 Å². The Labute approximate surface area is 110 Å². The fourth-order valence-corrected chi connectivity index (χ4v) is 2.42. The highest BCUT2D eigenvalue weighted by atomic mass is 79.9. The van der Waals surface area contributed by atoms with Gasteiger partial charge in [0.15, 0.2) is 6.35 Å². The van der Waals surface area contributed by atoms with Crippen molar-refractivity contribution in [1.82, 2.24) is 0 Å². The van der Waals surface area contributed by atoms with Gasteiger partial charge in [0, 0.05) is 4.47 Å². The maximum Gasteiger partial charge on any atom is 0.365 e. The molecule has 2 atom stereocenters. The molecule has 0 radical (unpaired) electrons. The molecule has 0 spiro atoms. The maximum absolute atomic E-state index is 11.6. The minimum Gasteiger partial charge on any atom is -0.481 e. The maximum atomic E-state index is 11.6. The first-order valence-corrected chi connectivity index (χ1v) is 7.87. The van der Waals surface area contributed by atoms with Gasteiger partial charge in [-0.05, 0) is 37.6 Å². The highest BCUT2D eigenvalue weighted by Gasteiger charge is 2.23. The lowest BCUT2D eigenvalue weighted by atomic mass is 10.3. The van der Waals surface area contributed by atoms with Crippen LogP contribution in [0.4, 0.5) is 0 Å². The summed E-state index contributed by atoms with van der Waals surface area (Å²) in [5.74, 6) is 0.537. The summed E-state index contributed by atoms with van der Waals surface area (Å²) in [6, 6.07) is 7.03. The van der Waals surface area contributed by atoms with E-state index in [9.17, 15) is 9.46 Å². The van der Waals surface area contributed by atoms with Crippen molar-refractivity contribution in [2.75, 3.05) is 6.35 Å². The highest BCUT2D eigenvalue weighted by molar-refractivity contribution is 9.10. The zero-order chi connectivity index (χ0) is 12.9. The Morgan fingerprint density at radius 3 is 2.53 bits per heavy atom. The third-order valence-corrected chi connectivity index (χ3v) is 3.80. The van der Waals surface area contributed by atoms with E-state index in [0.717, 1.165) is 4.47 Å². The average Bonchev–Trinajstić information content (AvgIpc) is 2.28. The van der Waals surface area contributed by atoms with Gasteiger partial charge in [0.05, 0.1) is 6.10 Å². The van der Waals surface area contributed by atoms with Crippen molar-refractivity contribution in [2.45, 2.75) is 26.4 Å². The Hall–Kier alpha value is -0.350. The Morgan fingerprint density at radius 2 is 2.00 bits per heavy atom. The minimum atomic E-state index is -3.68. The Kier molecular flexibility index (Phi) is 5.67. The number of halogens is 1. The van der Waals surface area contributed by atoms with Crippen molar-refractivity contribution < 1.29 is 18.7 Å². The highest BCUT2D eigenvalue weighted by Crippen LogP contribution is 2.43. The van der Waals surface area contributed by atoms with Gasteiger partial charge in [-0.25, -0.2) is 0 Å². The topological polar surface area (TPSA) is 55.8 Å². The summed E-state index contributed by atoms with van der Waals surface area (Å²) in [7, 11) is -3.68. The van der Waals surface area contributed by atoms with Gasteiger partial charge in [-0.1, -0.05) is 22.9 Å².